The predicted octanol–water partition coefficient (Wildman–Crippen LogP) is 5.41. The number of aldehydes is 1. The molecular weight excluding hydrogens is 440 g/mol. The molecule has 3 aliphatic carbocycles. The molecule has 4 aliphatic rings. The highest BCUT2D eigenvalue weighted by Crippen LogP contribution is 2.59. The monoisotopic (exact) mass is 488 g/mol. The number of ether oxygens (including phenoxy) is 1. The maximum absolute atomic E-state index is 12.8. The van der Waals surface area contributed by atoms with Gasteiger partial charge in [-0.2, -0.15) is 0 Å². The van der Waals surface area contributed by atoms with Crippen LogP contribution in [0.25, 0.3) is 0 Å². The van der Waals surface area contributed by atoms with Crippen LogP contribution in [-0.2, 0) is 14.3 Å². The van der Waals surface area contributed by atoms with Gasteiger partial charge in [0.1, 0.15) is 11.9 Å². The Morgan fingerprint density at radius 2 is 1.60 bits per heavy atom. The highest BCUT2D eigenvalue weighted by atomic mass is 16.5. The zero-order valence-electron chi connectivity index (χ0n) is 23.0. The van der Waals surface area contributed by atoms with Gasteiger partial charge in [-0.3, -0.25) is 9.59 Å². The fourth-order valence-corrected chi connectivity index (χ4v) is 8.81. The van der Waals surface area contributed by atoms with E-state index in [1.807, 2.05) is 27.7 Å². The first-order valence-electron chi connectivity index (χ1n) is 13.9. The molecule has 198 valence electrons. The lowest BCUT2D eigenvalue weighted by Crippen LogP contribution is -2.56. The lowest BCUT2D eigenvalue weighted by molar-refractivity contribution is -0.196. The zero-order valence-corrected chi connectivity index (χ0v) is 23.0. The van der Waals surface area contributed by atoms with Crippen LogP contribution in [0.3, 0.4) is 0 Å². The van der Waals surface area contributed by atoms with Gasteiger partial charge in [0, 0.05) is 6.42 Å². The smallest absolute Gasteiger partial charge is 0.164 e. The summed E-state index contributed by atoms with van der Waals surface area (Å²) in [4.78, 5) is 25.1. The van der Waals surface area contributed by atoms with Crippen LogP contribution in [0.5, 0.6) is 0 Å². The molecule has 0 aromatic rings. The summed E-state index contributed by atoms with van der Waals surface area (Å²) in [6.07, 6.45) is 9.78. The van der Waals surface area contributed by atoms with E-state index in [4.69, 9.17) is 4.74 Å². The molecule has 0 spiro atoms. The molecular formula is C30H48O5. The van der Waals surface area contributed by atoms with Gasteiger partial charge in [-0.25, -0.2) is 0 Å². The van der Waals surface area contributed by atoms with E-state index >= 15 is 0 Å². The van der Waals surface area contributed by atoms with Gasteiger partial charge in [0.25, 0.3) is 0 Å². The molecule has 3 unspecified atom stereocenters. The number of fused-ring (bicyclic) bond motifs is 2. The molecule has 3 fully saturated rings. The fraction of sp³-hybridized carbons (Fsp3) is 0.867. The van der Waals surface area contributed by atoms with Crippen molar-refractivity contribution < 1.29 is 24.5 Å². The molecule has 0 aromatic heterocycles. The van der Waals surface area contributed by atoms with Gasteiger partial charge in [0.15, 0.2) is 5.78 Å². The predicted molar refractivity (Wildman–Crippen MR) is 137 cm³/mol. The molecule has 8 atom stereocenters. The summed E-state index contributed by atoms with van der Waals surface area (Å²) in [7, 11) is 0. The van der Waals surface area contributed by atoms with Crippen LogP contribution in [0.15, 0.2) is 11.6 Å². The van der Waals surface area contributed by atoms with Gasteiger partial charge < -0.3 is 14.9 Å². The molecule has 35 heavy (non-hydrogen) atoms. The van der Waals surface area contributed by atoms with Gasteiger partial charge in [-0.15, -0.1) is 0 Å². The third kappa shape index (κ3) is 4.48. The Labute approximate surface area is 212 Å². The molecule has 4 rings (SSSR count). The number of allylic oxidation sites excluding steroid dienone is 2. The van der Waals surface area contributed by atoms with Crippen molar-refractivity contribution in [2.45, 2.75) is 129 Å². The Morgan fingerprint density at radius 3 is 2.26 bits per heavy atom. The van der Waals surface area contributed by atoms with Crippen LogP contribution in [0.2, 0.25) is 0 Å². The van der Waals surface area contributed by atoms with E-state index < -0.39 is 16.8 Å². The van der Waals surface area contributed by atoms with Crippen LogP contribution in [0, 0.1) is 34.5 Å². The summed E-state index contributed by atoms with van der Waals surface area (Å²) in [6.45, 7) is 14.4. The van der Waals surface area contributed by atoms with E-state index in [2.05, 4.69) is 26.8 Å². The number of carbonyl (C=O) groups is 2. The van der Waals surface area contributed by atoms with E-state index in [0.717, 1.165) is 56.8 Å². The molecule has 0 aromatic carbocycles. The van der Waals surface area contributed by atoms with Crippen molar-refractivity contribution in [2.75, 3.05) is 0 Å². The molecule has 5 nitrogen and oxygen atoms in total. The summed E-state index contributed by atoms with van der Waals surface area (Å²) in [5.74, 6) is 0.715. The lowest BCUT2D eigenvalue weighted by atomic mass is 9.55. The highest BCUT2D eigenvalue weighted by molar-refractivity contribution is 5.86. The van der Waals surface area contributed by atoms with Crippen molar-refractivity contribution in [3.8, 4) is 0 Å². The van der Waals surface area contributed by atoms with Crippen LogP contribution < -0.4 is 0 Å². The molecule has 0 bridgehead atoms. The topological polar surface area (TPSA) is 83.8 Å². The molecule has 2 N–H and O–H groups in total. The number of ketones is 1. The molecule has 1 heterocycles. The van der Waals surface area contributed by atoms with E-state index in [1.165, 1.54) is 0 Å². The van der Waals surface area contributed by atoms with Crippen LogP contribution in [-0.4, -0.2) is 45.2 Å². The Bertz CT molecular complexity index is 881. The van der Waals surface area contributed by atoms with E-state index in [1.54, 1.807) is 0 Å². The summed E-state index contributed by atoms with van der Waals surface area (Å²) in [5, 5.41) is 22.7. The van der Waals surface area contributed by atoms with Crippen molar-refractivity contribution in [3.63, 3.8) is 0 Å². The Kier molecular flexibility index (Phi) is 6.77. The van der Waals surface area contributed by atoms with Crippen molar-refractivity contribution in [3.05, 3.63) is 11.6 Å². The Morgan fingerprint density at radius 1 is 0.943 bits per heavy atom. The largest absolute Gasteiger partial charge is 0.390 e. The van der Waals surface area contributed by atoms with Crippen molar-refractivity contribution in [2.24, 2.45) is 34.5 Å². The van der Waals surface area contributed by atoms with Gasteiger partial charge in [-0.05, 0) is 119 Å². The minimum Gasteiger partial charge on any atom is -0.390 e. The summed E-state index contributed by atoms with van der Waals surface area (Å²) >= 11 is 0. The van der Waals surface area contributed by atoms with Gasteiger partial charge in [-0.1, -0.05) is 26.8 Å². The van der Waals surface area contributed by atoms with Gasteiger partial charge in [0.2, 0.25) is 0 Å². The normalized spacial score (nSPS) is 47.2. The van der Waals surface area contributed by atoms with Crippen LogP contribution >= 0.6 is 0 Å². The maximum Gasteiger partial charge on any atom is 0.164 e. The van der Waals surface area contributed by atoms with Crippen LogP contribution in [0.4, 0.5) is 0 Å². The number of Topliss-reactive ketones (excluding diaryl/α,β-unsaturated/α-hetero) is 1. The summed E-state index contributed by atoms with van der Waals surface area (Å²) in [5.41, 5.74) is -1.90. The second-order valence-corrected chi connectivity index (χ2v) is 14.1. The standard InChI is InChI=1S/C30H48O5/c1-26(2)20(19(18-31)8-9-22-21(26)12-16-29(22,6)33)10-11-23-28(5)15-13-24(32)27(3,4)35-25(28)14-17-30(23,7)34/h8,18,20-23,25,33-34H,9-17H2,1-7H3/t20?,21?,22?,23-,25-,28-,29-,30+/m1/s1. The van der Waals surface area contributed by atoms with Gasteiger partial charge >= 0.3 is 0 Å². The van der Waals surface area contributed by atoms with Crippen LogP contribution in [0.1, 0.15) is 106 Å². The van der Waals surface area contributed by atoms with E-state index in [-0.39, 0.29) is 40.5 Å². The molecule has 2 saturated carbocycles. The van der Waals surface area contributed by atoms with E-state index in [0.29, 0.717) is 18.8 Å². The quantitative estimate of drug-likeness (QED) is 0.517. The summed E-state index contributed by atoms with van der Waals surface area (Å²) in [6, 6.07) is 0. The second kappa shape index (κ2) is 8.77. The van der Waals surface area contributed by atoms with Crippen molar-refractivity contribution >= 4 is 12.1 Å². The molecule has 0 radical (unpaired) electrons. The maximum atomic E-state index is 12.8. The number of hydrogen-bond acceptors (Lipinski definition) is 5. The Balaban J connectivity index is 1.63. The first-order valence-corrected chi connectivity index (χ1v) is 13.9. The van der Waals surface area contributed by atoms with Crippen molar-refractivity contribution in [1.29, 1.82) is 0 Å². The third-order valence-electron chi connectivity index (χ3n) is 11.2. The van der Waals surface area contributed by atoms with Gasteiger partial charge in [0.05, 0.1) is 17.3 Å². The fourth-order valence-electron chi connectivity index (χ4n) is 8.81. The number of carbonyl (C=O) groups excluding carboxylic acids is 2. The van der Waals surface area contributed by atoms with E-state index in [9.17, 15) is 19.8 Å². The summed E-state index contributed by atoms with van der Waals surface area (Å²) < 4.78 is 6.46. The third-order valence-corrected chi connectivity index (χ3v) is 11.2. The molecule has 1 saturated heterocycles. The number of aliphatic hydroxyl groups is 2. The Hall–Kier alpha value is -1.04. The SMILES string of the molecule is CC1(C)O[C@@H]2CC[C@](C)(O)[C@H](CCC3C(C=O)=CCC4C(CC[C@@]4(C)O)C3(C)C)[C@@]2(C)CCC1=O. The first kappa shape index (κ1) is 27.0. The number of hydrogen-bond donors (Lipinski definition) is 2. The minimum absolute atomic E-state index is 0.0233. The minimum atomic E-state index is -0.842. The zero-order chi connectivity index (χ0) is 26.0. The highest BCUT2D eigenvalue weighted by Gasteiger charge is 2.58. The first-order chi connectivity index (χ1) is 16.1. The molecule has 0 amide bonds. The molecule has 1 aliphatic heterocycles. The van der Waals surface area contributed by atoms with Crippen molar-refractivity contribution in [1.82, 2.24) is 0 Å². The number of rotatable bonds is 4. The molecule has 5 heteroatoms. The average Bonchev–Trinajstić information content (AvgIpc) is 2.96. The lowest BCUT2D eigenvalue weighted by Gasteiger charge is -2.54. The average molecular weight is 489 g/mol. The second-order valence-electron chi connectivity index (χ2n) is 14.1.